The minimum atomic E-state index is -0.671. The summed E-state index contributed by atoms with van der Waals surface area (Å²) >= 11 is 0. The van der Waals surface area contributed by atoms with Crippen molar-refractivity contribution >= 4 is 5.91 Å². The first-order chi connectivity index (χ1) is 13.7. The summed E-state index contributed by atoms with van der Waals surface area (Å²) in [6, 6.07) is 15.9. The summed E-state index contributed by atoms with van der Waals surface area (Å²) in [6.45, 7) is 4.79. The lowest BCUT2D eigenvalue weighted by Crippen LogP contribution is -2.49. The third kappa shape index (κ3) is 4.13. The van der Waals surface area contributed by atoms with E-state index in [2.05, 4.69) is 46.3 Å². The molecule has 2 heterocycles. The van der Waals surface area contributed by atoms with Crippen molar-refractivity contribution in [2.75, 3.05) is 19.6 Å². The molecule has 5 nitrogen and oxygen atoms in total. The number of nitrogens with zero attached hydrogens (tertiary/aromatic N) is 1. The molecule has 0 radical (unpaired) electrons. The van der Waals surface area contributed by atoms with Crippen molar-refractivity contribution in [3.8, 4) is 23.3 Å². The number of hydrogen-bond donors (Lipinski definition) is 1. The molecule has 4 rings (SSSR count). The van der Waals surface area contributed by atoms with Crippen LogP contribution in [0.15, 0.2) is 48.5 Å². The van der Waals surface area contributed by atoms with Gasteiger partial charge in [0.15, 0.2) is 11.5 Å². The van der Waals surface area contributed by atoms with Gasteiger partial charge in [-0.1, -0.05) is 48.2 Å². The van der Waals surface area contributed by atoms with Crippen LogP contribution in [0.2, 0.25) is 0 Å². The molecule has 0 saturated carbocycles. The van der Waals surface area contributed by atoms with Crippen molar-refractivity contribution < 1.29 is 14.3 Å². The summed E-state index contributed by atoms with van der Waals surface area (Å²) in [5.41, 5.74) is 2.82. The molecule has 0 fully saturated rings. The monoisotopic (exact) mass is 376 g/mol. The summed E-state index contributed by atoms with van der Waals surface area (Å²) in [6.07, 6.45) is 0.0408. The van der Waals surface area contributed by atoms with Gasteiger partial charge in [0, 0.05) is 13.1 Å². The maximum Gasteiger partial charge on any atom is 0.265 e. The predicted molar refractivity (Wildman–Crippen MR) is 107 cm³/mol. The highest BCUT2D eigenvalue weighted by atomic mass is 16.6. The molecule has 0 bridgehead atoms. The zero-order chi connectivity index (χ0) is 19.3. The van der Waals surface area contributed by atoms with Gasteiger partial charge in [0.25, 0.3) is 5.91 Å². The predicted octanol–water partition coefficient (Wildman–Crippen LogP) is 2.39. The maximum absolute atomic E-state index is 12.4. The fourth-order valence-corrected chi connectivity index (χ4v) is 3.56. The van der Waals surface area contributed by atoms with E-state index in [1.807, 2.05) is 25.1 Å². The highest BCUT2D eigenvalue weighted by molar-refractivity contribution is 5.82. The van der Waals surface area contributed by atoms with Gasteiger partial charge in [0.05, 0.1) is 13.1 Å². The maximum atomic E-state index is 12.4. The molecule has 1 amide bonds. The smallest absolute Gasteiger partial charge is 0.265 e. The molecular weight excluding hydrogens is 352 g/mol. The SMILES string of the molecule is C[C@H]1Oc2ccccc2O[C@H]1C(=O)NCC#CCN1CCc2ccccc2C1. The standard InChI is InChI=1S/C23H24N2O3/c1-17-22(28-21-11-5-4-10-20(21)27-17)23(26)24-13-6-7-14-25-15-12-18-8-2-3-9-19(18)16-25/h2-5,8-11,17,22H,12-16H2,1H3,(H,24,26)/t17-,22-/m1/s1. The first-order valence-corrected chi connectivity index (χ1v) is 9.65. The van der Waals surface area contributed by atoms with Crippen LogP contribution in [0.3, 0.4) is 0 Å². The quantitative estimate of drug-likeness (QED) is 0.836. The average Bonchev–Trinajstić information content (AvgIpc) is 2.72. The number of para-hydroxylation sites is 2. The van der Waals surface area contributed by atoms with Crippen molar-refractivity contribution in [2.24, 2.45) is 0 Å². The largest absolute Gasteiger partial charge is 0.482 e. The van der Waals surface area contributed by atoms with Crippen LogP contribution in [0.5, 0.6) is 11.5 Å². The molecular formula is C23H24N2O3. The summed E-state index contributed by atoms with van der Waals surface area (Å²) < 4.78 is 11.6. The Labute approximate surface area is 165 Å². The van der Waals surface area contributed by atoms with Crippen LogP contribution >= 0.6 is 0 Å². The van der Waals surface area contributed by atoms with Crippen LogP contribution in [-0.2, 0) is 17.8 Å². The minimum absolute atomic E-state index is 0.205. The number of carbonyl (C=O) groups is 1. The van der Waals surface area contributed by atoms with E-state index in [-0.39, 0.29) is 12.0 Å². The Balaban J connectivity index is 1.24. The molecule has 0 aliphatic carbocycles. The summed E-state index contributed by atoms with van der Waals surface area (Å²) in [5, 5.41) is 2.83. The summed E-state index contributed by atoms with van der Waals surface area (Å²) in [7, 11) is 0. The fraction of sp³-hybridized carbons (Fsp3) is 0.348. The Morgan fingerprint density at radius 2 is 1.79 bits per heavy atom. The number of amides is 1. The van der Waals surface area contributed by atoms with Gasteiger partial charge in [-0.25, -0.2) is 0 Å². The van der Waals surface area contributed by atoms with Crippen LogP contribution < -0.4 is 14.8 Å². The van der Waals surface area contributed by atoms with Gasteiger partial charge in [0.2, 0.25) is 6.10 Å². The molecule has 2 aromatic rings. The lowest BCUT2D eigenvalue weighted by atomic mass is 10.0. The molecule has 0 saturated heterocycles. The van der Waals surface area contributed by atoms with Gasteiger partial charge < -0.3 is 14.8 Å². The Morgan fingerprint density at radius 3 is 2.61 bits per heavy atom. The van der Waals surface area contributed by atoms with Gasteiger partial charge in [-0.2, -0.15) is 0 Å². The molecule has 28 heavy (non-hydrogen) atoms. The van der Waals surface area contributed by atoms with E-state index in [0.29, 0.717) is 24.6 Å². The van der Waals surface area contributed by atoms with E-state index in [1.165, 1.54) is 11.1 Å². The molecule has 144 valence electrons. The first-order valence-electron chi connectivity index (χ1n) is 9.65. The number of fused-ring (bicyclic) bond motifs is 2. The Bertz CT molecular complexity index is 915. The van der Waals surface area contributed by atoms with Gasteiger partial charge in [-0.3, -0.25) is 9.69 Å². The molecule has 0 spiro atoms. The number of nitrogens with one attached hydrogen (secondary N) is 1. The highest BCUT2D eigenvalue weighted by Crippen LogP contribution is 2.33. The summed E-state index contributed by atoms with van der Waals surface area (Å²) in [4.78, 5) is 14.8. The van der Waals surface area contributed by atoms with Crippen molar-refractivity contribution in [3.63, 3.8) is 0 Å². The zero-order valence-corrected chi connectivity index (χ0v) is 16.0. The van der Waals surface area contributed by atoms with Gasteiger partial charge in [-0.15, -0.1) is 0 Å². The minimum Gasteiger partial charge on any atom is -0.482 e. The third-order valence-corrected chi connectivity index (χ3v) is 5.09. The van der Waals surface area contributed by atoms with Crippen LogP contribution in [-0.4, -0.2) is 42.6 Å². The molecule has 2 aliphatic heterocycles. The van der Waals surface area contributed by atoms with Crippen molar-refractivity contribution in [1.82, 2.24) is 10.2 Å². The fourth-order valence-electron chi connectivity index (χ4n) is 3.56. The number of carbonyl (C=O) groups excluding carboxylic acids is 1. The number of hydrogen-bond acceptors (Lipinski definition) is 4. The van der Waals surface area contributed by atoms with E-state index in [4.69, 9.17) is 9.47 Å². The number of rotatable bonds is 3. The second kappa shape index (κ2) is 8.37. The van der Waals surface area contributed by atoms with E-state index in [9.17, 15) is 4.79 Å². The number of benzene rings is 2. The second-order valence-electron chi connectivity index (χ2n) is 7.11. The molecule has 0 unspecified atom stereocenters. The average molecular weight is 376 g/mol. The van der Waals surface area contributed by atoms with E-state index < -0.39 is 6.10 Å². The lowest BCUT2D eigenvalue weighted by Gasteiger charge is -2.30. The molecule has 2 aromatic carbocycles. The van der Waals surface area contributed by atoms with Gasteiger partial charge in [0.1, 0.15) is 6.10 Å². The van der Waals surface area contributed by atoms with Crippen molar-refractivity contribution in [1.29, 1.82) is 0 Å². The van der Waals surface area contributed by atoms with E-state index >= 15 is 0 Å². The molecule has 0 aromatic heterocycles. The van der Waals surface area contributed by atoms with Crippen LogP contribution in [0.1, 0.15) is 18.1 Å². The van der Waals surface area contributed by atoms with Gasteiger partial charge >= 0.3 is 0 Å². The van der Waals surface area contributed by atoms with Crippen LogP contribution in [0.4, 0.5) is 0 Å². The first kappa shape index (κ1) is 18.4. The number of ether oxygens (including phenoxy) is 2. The highest BCUT2D eigenvalue weighted by Gasteiger charge is 2.33. The third-order valence-electron chi connectivity index (χ3n) is 5.09. The van der Waals surface area contributed by atoms with Crippen molar-refractivity contribution in [3.05, 3.63) is 59.7 Å². The van der Waals surface area contributed by atoms with E-state index in [1.54, 1.807) is 6.07 Å². The van der Waals surface area contributed by atoms with Gasteiger partial charge in [-0.05, 0) is 36.6 Å². The second-order valence-corrected chi connectivity index (χ2v) is 7.11. The normalized spacial score (nSPS) is 20.5. The zero-order valence-electron chi connectivity index (χ0n) is 16.0. The summed E-state index contributed by atoms with van der Waals surface area (Å²) in [5.74, 6) is 7.26. The van der Waals surface area contributed by atoms with Crippen LogP contribution in [0, 0.1) is 11.8 Å². The molecule has 1 N–H and O–H groups in total. The molecule has 2 aliphatic rings. The molecule has 5 heteroatoms. The Hall–Kier alpha value is -2.97. The Kier molecular flexibility index (Phi) is 5.50. The Morgan fingerprint density at radius 1 is 1.07 bits per heavy atom. The molecule has 2 atom stereocenters. The topological polar surface area (TPSA) is 50.8 Å². The van der Waals surface area contributed by atoms with Crippen LogP contribution in [0.25, 0.3) is 0 Å². The van der Waals surface area contributed by atoms with Crippen molar-refractivity contribution in [2.45, 2.75) is 32.1 Å². The van der Waals surface area contributed by atoms with E-state index in [0.717, 1.165) is 19.5 Å². The lowest BCUT2D eigenvalue weighted by molar-refractivity contribution is -0.133.